The minimum atomic E-state index is -0.768. The van der Waals surface area contributed by atoms with E-state index in [2.05, 4.69) is 10.2 Å². The Morgan fingerprint density at radius 3 is 2.44 bits per heavy atom. The number of rotatable bonds is 8. The van der Waals surface area contributed by atoms with Gasteiger partial charge in [-0.15, -0.1) is 11.6 Å². The highest BCUT2D eigenvalue weighted by Crippen LogP contribution is 2.40. The molecule has 0 unspecified atom stereocenters. The lowest BCUT2D eigenvalue weighted by molar-refractivity contribution is -0.144. The van der Waals surface area contributed by atoms with Gasteiger partial charge in [0.1, 0.15) is 12.1 Å². The van der Waals surface area contributed by atoms with E-state index in [4.69, 9.17) is 16.3 Å². The number of ether oxygens (including phenoxy) is 1. The largest absolute Gasteiger partial charge is 0.383 e. The molecule has 1 aromatic rings. The molecule has 2 fully saturated rings. The molecule has 2 saturated heterocycles. The average molecular weight is 465 g/mol. The Labute approximate surface area is 194 Å². The molecule has 1 spiro atoms. The maximum Gasteiger partial charge on any atom is 0.250 e. The molecule has 8 nitrogen and oxygen atoms in total. The number of nitrogens with zero attached hydrogens (tertiary/aromatic N) is 3. The van der Waals surface area contributed by atoms with E-state index < -0.39 is 11.0 Å². The van der Waals surface area contributed by atoms with Crippen molar-refractivity contribution in [3.63, 3.8) is 0 Å². The van der Waals surface area contributed by atoms with Gasteiger partial charge in [0.2, 0.25) is 11.8 Å². The summed E-state index contributed by atoms with van der Waals surface area (Å²) in [5.74, 6) is -0.0218. The third-order valence-electron chi connectivity index (χ3n) is 6.34. The van der Waals surface area contributed by atoms with E-state index in [9.17, 15) is 14.4 Å². The van der Waals surface area contributed by atoms with Gasteiger partial charge in [-0.05, 0) is 38.8 Å². The highest BCUT2D eigenvalue weighted by atomic mass is 35.5. The second-order valence-electron chi connectivity index (χ2n) is 9.09. The third-order valence-corrected chi connectivity index (χ3v) is 7.00. The number of carbonyl (C=O) groups is 3. The second kappa shape index (κ2) is 10.1. The van der Waals surface area contributed by atoms with Crippen LogP contribution in [0.4, 0.5) is 5.69 Å². The average Bonchev–Trinajstić information content (AvgIpc) is 3.06. The van der Waals surface area contributed by atoms with Crippen molar-refractivity contribution in [3.05, 3.63) is 30.3 Å². The number of amides is 3. The lowest BCUT2D eigenvalue weighted by Gasteiger charge is -2.44. The Hall–Kier alpha value is -2.32. The van der Waals surface area contributed by atoms with Crippen LogP contribution in [0.2, 0.25) is 0 Å². The van der Waals surface area contributed by atoms with Crippen LogP contribution in [0, 0.1) is 5.41 Å². The SMILES string of the molecule is COCCNC(=O)CN1CN(c2ccccc2)C2(CCN(C(=O)C(C)(C)CCl)CC2)C1=O. The number of halogens is 1. The van der Waals surface area contributed by atoms with Crippen molar-refractivity contribution in [2.45, 2.75) is 32.2 Å². The van der Waals surface area contributed by atoms with Crippen LogP contribution in [-0.2, 0) is 19.1 Å². The van der Waals surface area contributed by atoms with E-state index >= 15 is 0 Å². The summed E-state index contributed by atoms with van der Waals surface area (Å²) in [5.41, 5.74) is -0.475. The summed E-state index contributed by atoms with van der Waals surface area (Å²) in [6, 6.07) is 9.77. The quantitative estimate of drug-likeness (QED) is 0.467. The fraction of sp³-hybridized carbons (Fsp3) is 0.609. The van der Waals surface area contributed by atoms with Crippen LogP contribution < -0.4 is 10.2 Å². The minimum absolute atomic E-state index is 0.00441. The number of hydrogen-bond acceptors (Lipinski definition) is 5. The topological polar surface area (TPSA) is 82.2 Å². The highest BCUT2D eigenvalue weighted by molar-refractivity contribution is 6.19. The van der Waals surface area contributed by atoms with Gasteiger partial charge < -0.3 is 24.8 Å². The molecule has 0 atom stereocenters. The van der Waals surface area contributed by atoms with Gasteiger partial charge in [-0.3, -0.25) is 14.4 Å². The summed E-state index contributed by atoms with van der Waals surface area (Å²) in [5, 5.41) is 2.78. The summed E-state index contributed by atoms with van der Waals surface area (Å²) >= 11 is 6.01. The molecule has 2 aliphatic rings. The fourth-order valence-electron chi connectivity index (χ4n) is 4.41. The molecule has 0 radical (unpaired) electrons. The molecule has 0 bridgehead atoms. The van der Waals surface area contributed by atoms with Crippen molar-refractivity contribution in [2.75, 3.05) is 57.3 Å². The first-order valence-electron chi connectivity index (χ1n) is 11.0. The van der Waals surface area contributed by atoms with Crippen molar-refractivity contribution in [1.82, 2.24) is 15.1 Å². The Kier molecular flexibility index (Phi) is 7.67. The number of piperidine rings is 1. The molecule has 3 rings (SSSR count). The van der Waals surface area contributed by atoms with Gasteiger partial charge in [0, 0.05) is 38.3 Å². The number of benzene rings is 1. The van der Waals surface area contributed by atoms with Crippen molar-refractivity contribution in [2.24, 2.45) is 5.41 Å². The minimum Gasteiger partial charge on any atom is -0.383 e. The number of alkyl halides is 1. The van der Waals surface area contributed by atoms with Crippen LogP contribution in [0.15, 0.2) is 30.3 Å². The number of nitrogens with one attached hydrogen (secondary N) is 1. The van der Waals surface area contributed by atoms with Crippen molar-refractivity contribution in [1.29, 1.82) is 0 Å². The standard InChI is InChI=1S/C23H33ClN4O4/c1-22(2,16-24)20(30)26-12-9-23(10-13-26)21(31)27(15-19(29)25-11-14-32-3)17-28(23)18-7-5-4-6-8-18/h4-8H,9-17H2,1-3H3,(H,25,29). The predicted molar refractivity (Wildman–Crippen MR) is 123 cm³/mol. The van der Waals surface area contributed by atoms with Gasteiger partial charge in [-0.25, -0.2) is 0 Å². The maximum atomic E-state index is 13.6. The summed E-state index contributed by atoms with van der Waals surface area (Å²) in [7, 11) is 1.57. The van der Waals surface area contributed by atoms with E-state index in [1.165, 1.54) is 0 Å². The van der Waals surface area contributed by atoms with Crippen LogP contribution in [0.1, 0.15) is 26.7 Å². The van der Waals surface area contributed by atoms with Crippen LogP contribution in [0.3, 0.4) is 0 Å². The number of carbonyl (C=O) groups excluding carboxylic acids is 3. The normalized spacial score (nSPS) is 18.4. The lowest BCUT2D eigenvalue weighted by atomic mass is 9.84. The predicted octanol–water partition coefficient (Wildman–Crippen LogP) is 1.68. The van der Waals surface area contributed by atoms with Gasteiger partial charge in [-0.2, -0.15) is 0 Å². The smallest absolute Gasteiger partial charge is 0.250 e. The Morgan fingerprint density at radius 2 is 1.84 bits per heavy atom. The second-order valence-corrected chi connectivity index (χ2v) is 9.36. The van der Waals surface area contributed by atoms with E-state index in [0.717, 1.165) is 5.69 Å². The highest BCUT2D eigenvalue weighted by Gasteiger charge is 2.54. The van der Waals surface area contributed by atoms with E-state index in [-0.39, 0.29) is 30.1 Å². The summed E-state index contributed by atoms with van der Waals surface area (Å²) in [4.78, 5) is 44.4. The first kappa shape index (κ1) is 24.3. The van der Waals surface area contributed by atoms with Crippen LogP contribution in [-0.4, -0.2) is 85.5 Å². The molecule has 0 saturated carbocycles. The number of likely N-dealkylation sites (tertiary alicyclic amines) is 1. The Bertz CT molecular complexity index is 825. The molecule has 9 heteroatoms. The molecule has 32 heavy (non-hydrogen) atoms. The van der Waals surface area contributed by atoms with Crippen molar-refractivity contribution >= 4 is 35.0 Å². The van der Waals surface area contributed by atoms with Gasteiger partial charge in [0.15, 0.2) is 0 Å². The van der Waals surface area contributed by atoms with E-state index in [1.54, 1.807) is 12.0 Å². The van der Waals surface area contributed by atoms with E-state index in [0.29, 0.717) is 45.8 Å². The van der Waals surface area contributed by atoms with Gasteiger partial charge in [0.25, 0.3) is 5.91 Å². The van der Waals surface area contributed by atoms with Crippen LogP contribution >= 0.6 is 11.6 Å². The Morgan fingerprint density at radius 1 is 1.19 bits per heavy atom. The number of anilines is 1. The zero-order valence-electron chi connectivity index (χ0n) is 19.1. The molecule has 2 heterocycles. The van der Waals surface area contributed by atoms with Crippen molar-refractivity contribution in [3.8, 4) is 0 Å². The summed E-state index contributed by atoms with van der Waals surface area (Å²) < 4.78 is 4.97. The van der Waals surface area contributed by atoms with Gasteiger partial charge in [0.05, 0.1) is 18.7 Å². The molecular weight excluding hydrogens is 432 g/mol. The Balaban J connectivity index is 1.78. The molecule has 0 aromatic heterocycles. The van der Waals surface area contributed by atoms with Crippen LogP contribution in [0.5, 0.6) is 0 Å². The van der Waals surface area contributed by atoms with E-state index in [1.807, 2.05) is 49.1 Å². The molecule has 176 valence electrons. The fourth-order valence-corrected chi connectivity index (χ4v) is 4.52. The first-order valence-corrected chi connectivity index (χ1v) is 11.5. The summed E-state index contributed by atoms with van der Waals surface area (Å²) in [6.07, 6.45) is 1.01. The zero-order chi connectivity index (χ0) is 23.4. The number of methoxy groups -OCH3 is 1. The third kappa shape index (κ3) is 4.86. The number of hydrogen-bond donors (Lipinski definition) is 1. The van der Waals surface area contributed by atoms with Crippen LogP contribution in [0.25, 0.3) is 0 Å². The lowest BCUT2D eigenvalue weighted by Crippen LogP contribution is -2.58. The molecule has 3 amide bonds. The maximum absolute atomic E-state index is 13.6. The molecule has 1 N–H and O–H groups in total. The number of para-hydroxylation sites is 1. The van der Waals surface area contributed by atoms with Gasteiger partial charge >= 0.3 is 0 Å². The zero-order valence-corrected chi connectivity index (χ0v) is 19.9. The van der Waals surface area contributed by atoms with Gasteiger partial charge in [-0.1, -0.05) is 18.2 Å². The first-order chi connectivity index (χ1) is 15.2. The summed E-state index contributed by atoms with van der Waals surface area (Å²) in [6.45, 7) is 5.78. The van der Waals surface area contributed by atoms with Crippen molar-refractivity contribution < 1.29 is 19.1 Å². The molecule has 0 aliphatic carbocycles. The monoisotopic (exact) mass is 464 g/mol. The molecule has 2 aliphatic heterocycles. The molecular formula is C23H33ClN4O4. The molecule has 1 aromatic carbocycles.